The molecule has 0 saturated heterocycles. The van der Waals surface area contributed by atoms with Gasteiger partial charge in [0, 0.05) is 11.6 Å². The van der Waals surface area contributed by atoms with Gasteiger partial charge in [0.2, 0.25) is 11.8 Å². The second-order valence-corrected chi connectivity index (χ2v) is 12.0. The van der Waals surface area contributed by atoms with E-state index < -0.39 is 29.3 Å². The number of benzene rings is 1. The lowest BCUT2D eigenvalue weighted by Gasteiger charge is -2.43. The van der Waals surface area contributed by atoms with Crippen LogP contribution >= 0.6 is 11.8 Å². The van der Waals surface area contributed by atoms with E-state index in [1.807, 2.05) is 40.9 Å². The van der Waals surface area contributed by atoms with Crippen molar-refractivity contribution in [1.82, 2.24) is 15.5 Å². The Kier molecular flexibility index (Phi) is 12.1. The van der Waals surface area contributed by atoms with Gasteiger partial charge in [0.05, 0.1) is 0 Å². The minimum Gasteiger partial charge on any atom is -0.508 e. The average molecular weight is 524 g/mol. The fraction of sp³-hybridized carbons (Fsp3) is 0.667. The maximum absolute atomic E-state index is 14.1. The first-order chi connectivity index (χ1) is 16.6. The van der Waals surface area contributed by atoms with E-state index >= 15 is 0 Å². The molecule has 3 N–H and O–H groups in total. The minimum atomic E-state index is -0.963. The summed E-state index contributed by atoms with van der Waals surface area (Å²) in [6.07, 6.45) is 3.33. The van der Waals surface area contributed by atoms with Gasteiger partial charge in [-0.05, 0) is 91.0 Å². The van der Waals surface area contributed by atoms with E-state index in [2.05, 4.69) is 10.6 Å². The maximum Gasteiger partial charge on any atom is 0.408 e. The van der Waals surface area contributed by atoms with Gasteiger partial charge >= 0.3 is 6.09 Å². The Bertz CT molecular complexity index is 862. The van der Waals surface area contributed by atoms with Gasteiger partial charge < -0.3 is 25.4 Å². The van der Waals surface area contributed by atoms with Crippen LogP contribution in [0.25, 0.3) is 0 Å². The Hall–Kier alpha value is -2.42. The highest BCUT2D eigenvalue weighted by Crippen LogP contribution is 2.31. The number of hydrogen-bond acceptors (Lipinski definition) is 6. The summed E-state index contributed by atoms with van der Waals surface area (Å²) in [6, 6.07) is 4.37. The van der Waals surface area contributed by atoms with Crippen molar-refractivity contribution >= 4 is 29.7 Å². The standard InChI is InChI=1S/C27H45N3O5S/c1-10-11-18(2)28-23(32)22(19-12-14-20(31)15-13-19)30(26(3,4)5)24(33)21(16-17-36-9)29-25(34)35-27(6,7)8/h12-15,18,21-22,31H,10-11,16-17H2,1-9H3,(H,28,32)(H,29,34). The summed E-state index contributed by atoms with van der Waals surface area (Å²) < 4.78 is 5.41. The monoisotopic (exact) mass is 523 g/mol. The Morgan fingerprint density at radius 3 is 2.08 bits per heavy atom. The molecule has 9 heteroatoms. The van der Waals surface area contributed by atoms with Gasteiger partial charge in [-0.2, -0.15) is 11.8 Å². The van der Waals surface area contributed by atoms with Crippen LogP contribution in [0.4, 0.5) is 4.79 Å². The summed E-state index contributed by atoms with van der Waals surface area (Å²) in [6.45, 7) is 14.8. The zero-order chi connectivity index (χ0) is 27.7. The molecule has 1 aromatic rings. The highest BCUT2D eigenvalue weighted by Gasteiger charge is 2.42. The Morgan fingerprint density at radius 1 is 1.03 bits per heavy atom. The zero-order valence-corrected chi connectivity index (χ0v) is 24.1. The third-order valence-electron chi connectivity index (χ3n) is 5.39. The number of amides is 3. The van der Waals surface area contributed by atoms with Gasteiger partial charge in [0.1, 0.15) is 23.4 Å². The molecule has 204 valence electrons. The number of nitrogens with zero attached hydrogens (tertiary/aromatic N) is 1. The summed E-state index contributed by atoms with van der Waals surface area (Å²) in [4.78, 5) is 41.9. The van der Waals surface area contributed by atoms with Crippen molar-refractivity contribution in [2.75, 3.05) is 12.0 Å². The SMILES string of the molecule is CCCC(C)NC(=O)C(c1ccc(O)cc1)N(C(=O)C(CCSC)NC(=O)OC(C)(C)C)C(C)(C)C. The normalized spacial score (nSPS) is 14.4. The largest absolute Gasteiger partial charge is 0.508 e. The van der Waals surface area contributed by atoms with Gasteiger partial charge in [-0.15, -0.1) is 0 Å². The number of rotatable bonds is 11. The molecule has 36 heavy (non-hydrogen) atoms. The van der Waals surface area contributed by atoms with E-state index in [9.17, 15) is 19.5 Å². The summed E-state index contributed by atoms with van der Waals surface area (Å²) in [5.41, 5.74) is -0.915. The third kappa shape index (κ3) is 10.3. The Labute approximate surface area is 220 Å². The number of phenolic OH excluding ortho intramolecular Hbond substituents is 1. The van der Waals surface area contributed by atoms with Crippen LogP contribution in [0.15, 0.2) is 24.3 Å². The van der Waals surface area contributed by atoms with Crippen LogP contribution < -0.4 is 10.6 Å². The summed E-state index contributed by atoms with van der Waals surface area (Å²) in [5, 5.41) is 15.6. The predicted octanol–water partition coefficient (Wildman–Crippen LogP) is 5.01. The minimum absolute atomic E-state index is 0.0651. The molecule has 1 rings (SSSR count). The number of hydrogen-bond donors (Lipinski definition) is 3. The molecule has 0 heterocycles. The lowest BCUT2D eigenvalue weighted by molar-refractivity contribution is -0.148. The number of thioether (sulfide) groups is 1. The second-order valence-electron chi connectivity index (χ2n) is 11.1. The molecule has 0 aliphatic carbocycles. The van der Waals surface area contributed by atoms with E-state index in [0.29, 0.717) is 17.7 Å². The molecule has 0 aliphatic heterocycles. The second kappa shape index (κ2) is 13.8. The fourth-order valence-corrected chi connectivity index (χ4v) is 4.33. The molecule has 0 aromatic heterocycles. The molecule has 0 radical (unpaired) electrons. The van der Waals surface area contributed by atoms with Crippen LogP contribution in [-0.4, -0.2) is 63.1 Å². The van der Waals surface area contributed by atoms with Crippen LogP contribution in [0.5, 0.6) is 5.75 Å². The topological polar surface area (TPSA) is 108 Å². The van der Waals surface area contributed by atoms with Crippen LogP contribution in [0.2, 0.25) is 0 Å². The van der Waals surface area contributed by atoms with Gasteiger partial charge in [-0.3, -0.25) is 9.59 Å². The Balaban J connectivity index is 3.51. The zero-order valence-electron chi connectivity index (χ0n) is 23.3. The quantitative estimate of drug-likeness (QED) is 0.376. The maximum atomic E-state index is 14.1. The van der Waals surface area contributed by atoms with Crippen molar-refractivity contribution < 1.29 is 24.2 Å². The van der Waals surface area contributed by atoms with Crippen LogP contribution in [0.1, 0.15) is 86.3 Å². The molecule has 0 spiro atoms. The van der Waals surface area contributed by atoms with E-state index in [4.69, 9.17) is 4.74 Å². The van der Waals surface area contributed by atoms with E-state index in [-0.39, 0.29) is 23.6 Å². The fourth-order valence-electron chi connectivity index (χ4n) is 3.86. The molecule has 1 aromatic carbocycles. The van der Waals surface area contributed by atoms with Crippen molar-refractivity contribution in [3.8, 4) is 5.75 Å². The molecular weight excluding hydrogens is 478 g/mol. The van der Waals surface area contributed by atoms with E-state index in [0.717, 1.165) is 12.8 Å². The van der Waals surface area contributed by atoms with Crippen molar-refractivity contribution in [2.45, 2.75) is 104 Å². The first-order valence-electron chi connectivity index (χ1n) is 12.5. The molecule has 0 fully saturated rings. The molecule has 3 amide bonds. The van der Waals surface area contributed by atoms with Crippen LogP contribution in [-0.2, 0) is 14.3 Å². The van der Waals surface area contributed by atoms with Crippen molar-refractivity contribution in [1.29, 1.82) is 0 Å². The van der Waals surface area contributed by atoms with Crippen molar-refractivity contribution in [3.05, 3.63) is 29.8 Å². The predicted molar refractivity (Wildman–Crippen MR) is 146 cm³/mol. The highest BCUT2D eigenvalue weighted by atomic mass is 32.2. The molecule has 8 nitrogen and oxygen atoms in total. The Morgan fingerprint density at radius 2 is 1.61 bits per heavy atom. The molecule has 0 saturated carbocycles. The van der Waals surface area contributed by atoms with Gasteiger partial charge in [-0.25, -0.2) is 4.79 Å². The molecule has 3 atom stereocenters. The van der Waals surface area contributed by atoms with Gasteiger partial charge in [0.15, 0.2) is 0 Å². The van der Waals surface area contributed by atoms with Crippen molar-refractivity contribution in [2.24, 2.45) is 0 Å². The number of phenols is 1. The molecule has 0 bridgehead atoms. The molecular formula is C27H45N3O5S. The molecule has 3 unspecified atom stereocenters. The number of ether oxygens (including phenoxy) is 1. The first kappa shape index (κ1) is 31.6. The summed E-state index contributed by atoms with van der Waals surface area (Å²) >= 11 is 1.56. The van der Waals surface area contributed by atoms with Gasteiger partial charge in [0.25, 0.3) is 0 Å². The van der Waals surface area contributed by atoms with Gasteiger partial charge in [-0.1, -0.05) is 25.5 Å². The average Bonchev–Trinajstić information content (AvgIpc) is 2.73. The third-order valence-corrected chi connectivity index (χ3v) is 6.03. The first-order valence-corrected chi connectivity index (χ1v) is 13.9. The number of carbonyl (C=O) groups is 3. The van der Waals surface area contributed by atoms with E-state index in [1.54, 1.807) is 44.7 Å². The lowest BCUT2D eigenvalue weighted by Crippen LogP contribution is -2.59. The van der Waals surface area contributed by atoms with E-state index in [1.165, 1.54) is 17.0 Å². The van der Waals surface area contributed by atoms with Crippen LogP contribution in [0.3, 0.4) is 0 Å². The summed E-state index contributed by atoms with van der Waals surface area (Å²) in [7, 11) is 0. The smallest absolute Gasteiger partial charge is 0.408 e. The van der Waals surface area contributed by atoms with Crippen molar-refractivity contribution in [3.63, 3.8) is 0 Å². The number of carbonyl (C=O) groups excluding carboxylic acids is 3. The number of nitrogens with one attached hydrogen (secondary N) is 2. The molecule has 0 aliphatic rings. The lowest BCUT2D eigenvalue weighted by atomic mass is 9.94. The number of aromatic hydroxyl groups is 1. The van der Waals surface area contributed by atoms with Crippen LogP contribution in [0, 0.1) is 0 Å². The summed E-state index contributed by atoms with van der Waals surface area (Å²) in [5.74, 6) is 0.00765. The number of alkyl carbamates (subject to hydrolysis) is 1. The highest BCUT2D eigenvalue weighted by molar-refractivity contribution is 7.98.